The number of ether oxygens (including phenoxy) is 1. The highest BCUT2D eigenvalue weighted by molar-refractivity contribution is 9.10. The lowest BCUT2D eigenvalue weighted by molar-refractivity contribution is 0.312. The van der Waals surface area contributed by atoms with Crippen molar-refractivity contribution in [3.63, 3.8) is 0 Å². The highest BCUT2D eigenvalue weighted by Gasteiger charge is 1.96. The summed E-state index contributed by atoms with van der Waals surface area (Å²) >= 11 is 3.32. The fraction of sp³-hybridized carbons (Fsp3) is 0.125. The molecular formula is C8H8BrNO2. The van der Waals surface area contributed by atoms with Crippen LogP contribution in [-0.4, -0.2) is 18.0 Å². The third-order valence-electron chi connectivity index (χ3n) is 1.23. The minimum atomic E-state index is 0.263. The van der Waals surface area contributed by atoms with E-state index in [4.69, 9.17) is 9.94 Å². The molecule has 0 saturated heterocycles. The molecule has 1 rings (SSSR count). The molecule has 0 aromatic heterocycles. The van der Waals surface area contributed by atoms with E-state index < -0.39 is 0 Å². The molecule has 0 amide bonds. The van der Waals surface area contributed by atoms with Gasteiger partial charge in [-0.2, -0.15) is 0 Å². The van der Waals surface area contributed by atoms with E-state index in [2.05, 4.69) is 21.1 Å². The van der Waals surface area contributed by atoms with E-state index >= 15 is 0 Å². The van der Waals surface area contributed by atoms with Crippen LogP contribution >= 0.6 is 15.9 Å². The summed E-state index contributed by atoms with van der Waals surface area (Å²) in [6.45, 7) is 0.263. The minimum absolute atomic E-state index is 0.263. The first-order valence-electron chi connectivity index (χ1n) is 3.38. The molecule has 0 aliphatic heterocycles. The van der Waals surface area contributed by atoms with Crippen LogP contribution in [0, 0.1) is 0 Å². The zero-order valence-electron chi connectivity index (χ0n) is 6.27. The number of benzene rings is 1. The number of halogens is 1. The first kappa shape index (κ1) is 9.06. The summed E-state index contributed by atoms with van der Waals surface area (Å²) in [4.78, 5) is 0. The fourth-order valence-electron chi connectivity index (χ4n) is 0.722. The van der Waals surface area contributed by atoms with Crippen LogP contribution < -0.4 is 4.74 Å². The van der Waals surface area contributed by atoms with E-state index in [0.717, 1.165) is 10.2 Å². The Morgan fingerprint density at radius 1 is 1.50 bits per heavy atom. The summed E-state index contributed by atoms with van der Waals surface area (Å²) < 4.78 is 6.11. The molecule has 1 aromatic rings. The van der Waals surface area contributed by atoms with Crippen molar-refractivity contribution in [2.24, 2.45) is 5.16 Å². The molecule has 3 nitrogen and oxygen atoms in total. The lowest BCUT2D eigenvalue weighted by Crippen LogP contribution is -1.98. The van der Waals surface area contributed by atoms with Crippen LogP contribution in [0.25, 0.3) is 0 Å². The van der Waals surface area contributed by atoms with E-state index in [1.807, 2.05) is 24.3 Å². The van der Waals surface area contributed by atoms with E-state index in [0.29, 0.717) is 0 Å². The van der Waals surface area contributed by atoms with E-state index in [1.54, 1.807) is 0 Å². The first-order chi connectivity index (χ1) is 5.84. The molecule has 12 heavy (non-hydrogen) atoms. The SMILES string of the molecule is ON=CCOc1ccccc1Br. The predicted molar refractivity (Wildman–Crippen MR) is 49.9 cm³/mol. The van der Waals surface area contributed by atoms with Gasteiger partial charge in [-0.25, -0.2) is 0 Å². The lowest BCUT2D eigenvalue weighted by atomic mass is 10.3. The lowest BCUT2D eigenvalue weighted by Gasteiger charge is -2.03. The molecule has 0 fully saturated rings. The molecular weight excluding hydrogens is 222 g/mol. The monoisotopic (exact) mass is 229 g/mol. The van der Waals surface area contributed by atoms with Crippen LogP contribution in [0.3, 0.4) is 0 Å². The number of nitrogens with zero attached hydrogens (tertiary/aromatic N) is 1. The van der Waals surface area contributed by atoms with Crippen molar-refractivity contribution in [2.75, 3.05) is 6.61 Å². The van der Waals surface area contributed by atoms with Crippen molar-refractivity contribution in [2.45, 2.75) is 0 Å². The highest BCUT2D eigenvalue weighted by atomic mass is 79.9. The molecule has 0 aliphatic carbocycles. The van der Waals surface area contributed by atoms with Gasteiger partial charge in [0.1, 0.15) is 12.4 Å². The van der Waals surface area contributed by atoms with Gasteiger partial charge in [0.2, 0.25) is 0 Å². The van der Waals surface area contributed by atoms with E-state index in [-0.39, 0.29) is 6.61 Å². The van der Waals surface area contributed by atoms with Gasteiger partial charge in [0.15, 0.2) is 0 Å². The van der Waals surface area contributed by atoms with Gasteiger partial charge in [0.25, 0.3) is 0 Å². The van der Waals surface area contributed by atoms with Crippen LogP contribution in [0.4, 0.5) is 0 Å². The van der Waals surface area contributed by atoms with Gasteiger partial charge in [-0.15, -0.1) is 0 Å². The van der Waals surface area contributed by atoms with Crippen LogP contribution in [0.15, 0.2) is 33.9 Å². The summed E-state index contributed by atoms with van der Waals surface area (Å²) in [6, 6.07) is 7.48. The summed E-state index contributed by atoms with van der Waals surface area (Å²) in [7, 11) is 0. The Kier molecular flexibility index (Phi) is 3.60. The van der Waals surface area contributed by atoms with Gasteiger partial charge in [0.05, 0.1) is 10.7 Å². The maximum atomic E-state index is 8.09. The molecule has 0 atom stereocenters. The van der Waals surface area contributed by atoms with Crippen LogP contribution in [0.1, 0.15) is 0 Å². The van der Waals surface area contributed by atoms with E-state index in [1.165, 1.54) is 6.21 Å². The second-order valence-corrected chi connectivity index (χ2v) is 2.89. The summed E-state index contributed by atoms with van der Waals surface area (Å²) in [5.41, 5.74) is 0. The van der Waals surface area contributed by atoms with Crippen molar-refractivity contribution >= 4 is 22.1 Å². The third kappa shape index (κ3) is 2.54. The van der Waals surface area contributed by atoms with Crippen molar-refractivity contribution in [3.05, 3.63) is 28.7 Å². The standard InChI is InChI=1S/C8H8BrNO2/c9-7-3-1-2-4-8(7)12-6-5-10-11/h1-5,11H,6H2. The van der Waals surface area contributed by atoms with Crippen molar-refractivity contribution in [1.29, 1.82) is 0 Å². The molecule has 4 heteroatoms. The number of para-hydroxylation sites is 1. The Labute approximate surface area is 78.8 Å². The molecule has 0 unspecified atom stereocenters. The number of oxime groups is 1. The summed E-state index contributed by atoms with van der Waals surface area (Å²) in [6.07, 6.45) is 1.28. The Balaban J connectivity index is 2.57. The van der Waals surface area contributed by atoms with Gasteiger partial charge in [-0.05, 0) is 28.1 Å². The minimum Gasteiger partial charge on any atom is -0.487 e. The Bertz CT molecular complexity index is 276. The number of hydrogen-bond donors (Lipinski definition) is 1. The molecule has 0 radical (unpaired) electrons. The first-order valence-corrected chi connectivity index (χ1v) is 4.17. The quantitative estimate of drug-likeness (QED) is 0.491. The molecule has 0 heterocycles. The van der Waals surface area contributed by atoms with Crippen LogP contribution in [0.2, 0.25) is 0 Å². The fourth-order valence-corrected chi connectivity index (χ4v) is 1.12. The average Bonchev–Trinajstić information content (AvgIpc) is 2.09. The Morgan fingerprint density at radius 2 is 2.25 bits per heavy atom. The van der Waals surface area contributed by atoms with Crippen LogP contribution in [0.5, 0.6) is 5.75 Å². The molecule has 0 saturated carbocycles. The van der Waals surface area contributed by atoms with Crippen molar-refractivity contribution in [1.82, 2.24) is 0 Å². The Morgan fingerprint density at radius 3 is 2.92 bits per heavy atom. The zero-order valence-corrected chi connectivity index (χ0v) is 7.86. The molecule has 0 bridgehead atoms. The molecule has 1 aromatic carbocycles. The highest BCUT2D eigenvalue weighted by Crippen LogP contribution is 2.23. The topological polar surface area (TPSA) is 41.8 Å². The largest absolute Gasteiger partial charge is 0.487 e. The normalized spacial score (nSPS) is 10.4. The maximum Gasteiger partial charge on any atom is 0.134 e. The zero-order chi connectivity index (χ0) is 8.81. The number of rotatable bonds is 3. The molecule has 0 spiro atoms. The predicted octanol–water partition coefficient (Wildman–Crippen LogP) is 2.29. The van der Waals surface area contributed by atoms with Gasteiger partial charge in [0, 0.05) is 0 Å². The smallest absolute Gasteiger partial charge is 0.134 e. The van der Waals surface area contributed by atoms with Crippen molar-refractivity contribution in [3.8, 4) is 5.75 Å². The Hall–Kier alpha value is -1.03. The van der Waals surface area contributed by atoms with Gasteiger partial charge < -0.3 is 9.94 Å². The summed E-state index contributed by atoms with van der Waals surface area (Å²) in [5, 5.41) is 10.9. The summed E-state index contributed by atoms with van der Waals surface area (Å²) in [5.74, 6) is 0.734. The number of hydrogen-bond acceptors (Lipinski definition) is 3. The van der Waals surface area contributed by atoms with Gasteiger partial charge in [-0.1, -0.05) is 17.3 Å². The molecule has 64 valence electrons. The maximum absolute atomic E-state index is 8.09. The molecule has 0 aliphatic rings. The van der Waals surface area contributed by atoms with Gasteiger partial charge in [-0.3, -0.25) is 0 Å². The second kappa shape index (κ2) is 4.77. The van der Waals surface area contributed by atoms with E-state index in [9.17, 15) is 0 Å². The van der Waals surface area contributed by atoms with Crippen molar-refractivity contribution < 1.29 is 9.94 Å². The van der Waals surface area contributed by atoms with Gasteiger partial charge >= 0.3 is 0 Å². The van der Waals surface area contributed by atoms with Crippen LogP contribution in [-0.2, 0) is 0 Å². The average molecular weight is 230 g/mol. The second-order valence-electron chi connectivity index (χ2n) is 2.04. The third-order valence-corrected chi connectivity index (χ3v) is 1.89. The molecule has 1 N–H and O–H groups in total.